The van der Waals surface area contributed by atoms with Gasteiger partial charge in [-0.2, -0.15) is 0 Å². The lowest BCUT2D eigenvalue weighted by molar-refractivity contribution is 0.0928. The van der Waals surface area contributed by atoms with E-state index in [0.29, 0.717) is 34.7 Å². The molecule has 1 aliphatic rings. The van der Waals surface area contributed by atoms with Crippen LogP contribution in [0.15, 0.2) is 16.6 Å². The fourth-order valence-corrected chi connectivity index (χ4v) is 2.44. The molecule has 104 valence electrons. The van der Waals surface area contributed by atoms with Crippen LogP contribution in [0.5, 0.6) is 11.5 Å². The minimum Gasteiger partial charge on any atom is -0.493 e. The number of rotatable bonds is 4. The van der Waals surface area contributed by atoms with Crippen LogP contribution < -0.4 is 14.8 Å². The minimum absolute atomic E-state index is 0.0764. The van der Waals surface area contributed by atoms with Gasteiger partial charge in [0, 0.05) is 11.1 Å². The Bertz CT molecular complexity index is 472. The number of hydrogen-bond acceptors (Lipinski definition) is 4. The number of amides is 1. The van der Waals surface area contributed by atoms with Crippen LogP contribution in [-0.4, -0.2) is 39.4 Å². The molecule has 0 bridgehead atoms. The summed E-state index contributed by atoms with van der Waals surface area (Å²) < 4.78 is 16.3. The zero-order valence-electron chi connectivity index (χ0n) is 10.9. The predicted octanol–water partition coefficient (Wildman–Crippen LogP) is 1.98. The van der Waals surface area contributed by atoms with Crippen LogP contribution in [-0.2, 0) is 4.74 Å². The molecule has 2 rings (SSSR count). The first-order valence-corrected chi connectivity index (χ1v) is 6.75. The maximum absolute atomic E-state index is 12.2. The van der Waals surface area contributed by atoms with E-state index in [2.05, 4.69) is 21.2 Å². The molecule has 1 fully saturated rings. The largest absolute Gasteiger partial charge is 0.493 e. The van der Waals surface area contributed by atoms with E-state index < -0.39 is 0 Å². The first-order valence-electron chi connectivity index (χ1n) is 5.96. The normalized spacial score (nSPS) is 18.2. The number of benzene rings is 1. The Morgan fingerprint density at radius 3 is 2.63 bits per heavy atom. The van der Waals surface area contributed by atoms with Gasteiger partial charge in [0.2, 0.25) is 0 Å². The molecule has 6 heteroatoms. The fraction of sp³-hybridized carbons (Fsp3) is 0.462. The second-order valence-electron chi connectivity index (χ2n) is 4.22. The van der Waals surface area contributed by atoms with Gasteiger partial charge in [0.25, 0.3) is 5.91 Å². The van der Waals surface area contributed by atoms with E-state index in [1.807, 2.05) is 0 Å². The lowest BCUT2D eigenvalue weighted by atomic mass is 10.1. The smallest absolute Gasteiger partial charge is 0.252 e. The quantitative estimate of drug-likeness (QED) is 0.917. The van der Waals surface area contributed by atoms with Gasteiger partial charge >= 0.3 is 0 Å². The monoisotopic (exact) mass is 329 g/mol. The number of carbonyl (C=O) groups is 1. The molecule has 0 aromatic heterocycles. The minimum atomic E-state index is -0.150. The maximum atomic E-state index is 12.2. The molecule has 5 nitrogen and oxygen atoms in total. The Labute approximate surface area is 120 Å². The van der Waals surface area contributed by atoms with Crippen molar-refractivity contribution in [3.8, 4) is 11.5 Å². The Morgan fingerprint density at radius 1 is 1.37 bits per heavy atom. The van der Waals surface area contributed by atoms with Crippen molar-refractivity contribution in [1.29, 1.82) is 0 Å². The average Bonchev–Trinajstić information content (AvgIpc) is 2.90. The van der Waals surface area contributed by atoms with Crippen LogP contribution in [0.25, 0.3) is 0 Å². The fourth-order valence-electron chi connectivity index (χ4n) is 1.94. The zero-order valence-corrected chi connectivity index (χ0v) is 12.5. The van der Waals surface area contributed by atoms with Gasteiger partial charge in [-0.05, 0) is 34.5 Å². The van der Waals surface area contributed by atoms with E-state index in [1.165, 1.54) is 7.11 Å². The first-order chi connectivity index (χ1) is 9.15. The van der Waals surface area contributed by atoms with Crippen molar-refractivity contribution in [3.05, 3.63) is 22.2 Å². The summed E-state index contributed by atoms with van der Waals surface area (Å²) >= 11 is 3.37. The molecule has 1 amide bonds. The molecule has 0 radical (unpaired) electrons. The van der Waals surface area contributed by atoms with Gasteiger partial charge in [-0.1, -0.05) is 0 Å². The molecule has 1 unspecified atom stereocenters. The topological polar surface area (TPSA) is 56.8 Å². The molecule has 19 heavy (non-hydrogen) atoms. The van der Waals surface area contributed by atoms with Gasteiger partial charge in [0.05, 0.1) is 32.4 Å². The van der Waals surface area contributed by atoms with Crippen LogP contribution in [0, 0.1) is 0 Å². The third kappa shape index (κ3) is 3.19. The van der Waals surface area contributed by atoms with E-state index in [0.717, 1.165) is 6.42 Å². The summed E-state index contributed by atoms with van der Waals surface area (Å²) in [6.45, 7) is 1.26. The number of halogens is 1. The Balaban J connectivity index is 2.20. The van der Waals surface area contributed by atoms with E-state index in [-0.39, 0.29) is 11.9 Å². The van der Waals surface area contributed by atoms with Gasteiger partial charge in [-0.25, -0.2) is 0 Å². The van der Waals surface area contributed by atoms with E-state index in [9.17, 15) is 4.79 Å². The summed E-state index contributed by atoms with van der Waals surface area (Å²) in [5.74, 6) is 0.956. The van der Waals surface area contributed by atoms with E-state index in [4.69, 9.17) is 14.2 Å². The Kier molecular flexibility index (Phi) is 4.66. The number of hydrogen-bond donors (Lipinski definition) is 1. The molecule has 1 saturated heterocycles. The molecule has 1 aromatic carbocycles. The Hall–Kier alpha value is -1.27. The van der Waals surface area contributed by atoms with Gasteiger partial charge < -0.3 is 19.5 Å². The SMILES string of the molecule is COc1cc(Br)c(C(=O)NC2CCOC2)cc1OC. The van der Waals surface area contributed by atoms with Crippen LogP contribution >= 0.6 is 15.9 Å². The molecule has 0 spiro atoms. The van der Waals surface area contributed by atoms with Crippen LogP contribution in [0.3, 0.4) is 0 Å². The summed E-state index contributed by atoms with van der Waals surface area (Å²) in [5, 5.41) is 2.93. The third-order valence-corrected chi connectivity index (χ3v) is 3.64. The predicted molar refractivity (Wildman–Crippen MR) is 73.9 cm³/mol. The molecule has 1 aliphatic heterocycles. The highest BCUT2D eigenvalue weighted by Crippen LogP contribution is 2.33. The molecule has 1 atom stereocenters. The summed E-state index contributed by atoms with van der Waals surface area (Å²) in [7, 11) is 3.10. The van der Waals surface area contributed by atoms with Gasteiger partial charge in [-0.15, -0.1) is 0 Å². The number of ether oxygens (including phenoxy) is 3. The highest BCUT2D eigenvalue weighted by molar-refractivity contribution is 9.10. The second-order valence-corrected chi connectivity index (χ2v) is 5.08. The molecule has 0 saturated carbocycles. The summed E-state index contributed by atoms with van der Waals surface area (Å²) in [6.07, 6.45) is 0.844. The molecular weight excluding hydrogens is 314 g/mol. The van der Waals surface area contributed by atoms with Crippen molar-refractivity contribution >= 4 is 21.8 Å². The molecule has 0 aliphatic carbocycles. The van der Waals surface area contributed by atoms with Crippen molar-refractivity contribution < 1.29 is 19.0 Å². The molecule has 1 aromatic rings. The summed E-state index contributed by atoms with van der Waals surface area (Å²) in [4.78, 5) is 12.2. The third-order valence-electron chi connectivity index (χ3n) is 2.98. The number of methoxy groups -OCH3 is 2. The molecular formula is C13H16BrNO4. The van der Waals surface area contributed by atoms with Crippen molar-refractivity contribution in [1.82, 2.24) is 5.32 Å². The lowest BCUT2D eigenvalue weighted by Gasteiger charge is -2.14. The van der Waals surface area contributed by atoms with E-state index >= 15 is 0 Å². The highest BCUT2D eigenvalue weighted by atomic mass is 79.9. The van der Waals surface area contributed by atoms with Gasteiger partial charge in [0.1, 0.15) is 0 Å². The van der Waals surface area contributed by atoms with Crippen molar-refractivity contribution in [2.24, 2.45) is 0 Å². The molecule has 1 heterocycles. The van der Waals surface area contributed by atoms with Crippen LogP contribution in [0.1, 0.15) is 16.8 Å². The lowest BCUT2D eigenvalue weighted by Crippen LogP contribution is -2.35. The number of carbonyl (C=O) groups excluding carboxylic acids is 1. The van der Waals surface area contributed by atoms with Crippen molar-refractivity contribution in [3.63, 3.8) is 0 Å². The van der Waals surface area contributed by atoms with Crippen molar-refractivity contribution in [2.75, 3.05) is 27.4 Å². The van der Waals surface area contributed by atoms with Crippen LogP contribution in [0.4, 0.5) is 0 Å². The highest BCUT2D eigenvalue weighted by Gasteiger charge is 2.21. The van der Waals surface area contributed by atoms with Gasteiger partial charge in [0.15, 0.2) is 11.5 Å². The Morgan fingerprint density at radius 2 is 2.05 bits per heavy atom. The molecule has 1 N–H and O–H groups in total. The van der Waals surface area contributed by atoms with Crippen LogP contribution in [0.2, 0.25) is 0 Å². The average molecular weight is 330 g/mol. The first kappa shape index (κ1) is 14.1. The van der Waals surface area contributed by atoms with Gasteiger partial charge in [-0.3, -0.25) is 4.79 Å². The zero-order chi connectivity index (χ0) is 13.8. The second kappa shape index (κ2) is 6.25. The summed E-state index contributed by atoms with van der Waals surface area (Å²) in [5.41, 5.74) is 0.518. The number of nitrogens with one attached hydrogen (secondary N) is 1. The van der Waals surface area contributed by atoms with E-state index in [1.54, 1.807) is 19.2 Å². The van der Waals surface area contributed by atoms with Crippen molar-refractivity contribution in [2.45, 2.75) is 12.5 Å². The maximum Gasteiger partial charge on any atom is 0.252 e. The standard InChI is InChI=1S/C13H16BrNO4/c1-17-11-5-9(10(14)6-12(11)18-2)13(16)15-8-3-4-19-7-8/h5-6,8H,3-4,7H2,1-2H3,(H,15,16). The summed E-state index contributed by atoms with van der Waals surface area (Å²) in [6, 6.07) is 3.46.